The zero-order valence-electron chi connectivity index (χ0n) is 14.1. The minimum atomic E-state index is -1.10. The lowest BCUT2D eigenvalue weighted by molar-refractivity contribution is -0.137. The smallest absolute Gasteiger partial charge is 0.303 e. The first-order valence-electron chi connectivity index (χ1n) is 8.47. The van der Waals surface area contributed by atoms with Gasteiger partial charge in [0.1, 0.15) is 11.9 Å². The fourth-order valence-electron chi connectivity index (χ4n) is 2.42. The number of aliphatic hydroxyl groups excluding tert-OH is 3. The third kappa shape index (κ3) is 7.29. The molecule has 0 aliphatic rings. The number of aliphatic carboxylic acids is 1. The van der Waals surface area contributed by atoms with Gasteiger partial charge in [-0.25, -0.2) is 0 Å². The maximum atomic E-state index is 10.4. The van der Waals surface area contributed by atoms with E-state index in [4.69, 9.17) is 9.52 Å². The topological polar surface area (TPSA) is 111 Å². The Morgan fingerprint density at radius 1 is 1.21 bits per heavy atom. The second kappa shape index (κ2) is 11.0. The second-order valence-corrected chi connectivity index (χ2v) is 5.95. The Hall–Kier alpha value is -1.63. The maximum Gasteiger partial charge on any atom is 0.303 e. The van der Waals surface area contributed by atoms with Gasteiger partial charge in [-0.3, -0.25) is 4.79 Å². The molecule has 1 heterocycles. The Kier molecular flexibility index (Phi) is 9.37. The number of carboxylic acid groups (broad SMARTS) is 1. The summed E-state index contributed by atoms with van der Waals surface area (Å²) in [5.41, 5.74) is 0.663. The van der Waals surface area contributed by atoms with Crippen LogP contribution in [0.15, 0.2) is 22.8 Å². The van der Waals surface area contributed by atoms with Gasteiger partial charge < -0.3 is 24.8 Å². The lowest BCUT2D eigenvalue weighted by Crippen LogP contribution is -2.23. The summed E-state index contributed by atoms with van der Waals surface area (Å²) in [5, 5.41) is 38.4. The van der Waals surface area contributed by atoms with E-state index in [1.165, 1.54) is 12.3 Å². The van der Waals surface area contributed by atoms with E-state index in [-0.39, 0.29) is 12.8 Å². The number of unbranched alkanes of at least 4 members (excludes halogenated alkanes) is 2. The van der Waals surface area contributed by atoms with Gasteiger partial charge in [-0.1, -0.05) is 38.3 Å². The normalized spacial score (nSPS) is 15.5. The second-order valence-electron chi connectivity index (χ2n) is 5.95. The van der Waals surface area contributed by atoms with Crippen LogP contribution in [-0.4, -0.2) is 38.6 Å². The summed E-state index contributed by atoms with van der Waals surface area (Å²) >= 11 is 0. The minimum Gasteiger partial charge on any atom is -0.481 e. The molecule has 0 amide bonds. The van der Waals surface area contributed by atoms with E-state index in [9.17, 15) is 20.1 Å². The maximum absolute atomic E-state index is 10.4. The van der Waals surface area contributed by atoms with Crippen LogP contribution in [0.25, 0.3) is 6.08 Å². The third-order valence-electron chi connectivity index (χ3n) is 3.87. The van der Waals surface area contributed by atoms with Crippen molar-refractivity contribution in [3.05, 3.63) is 29.7 Å². The number of hydrogen-bond donors (Lipinski definition) is 4. The summed E-state index contributed by atoms with van der Waals surface area (Å²) < 4.78 is 5.33. The fraction of sp³-hybridized carbons (Fsp3) is 0.611. The van der Waals surface area contributed by atoms with Gasteiger partial charge in [-0.2, -0.15) is 0 Å². The van der Waals surface area contributed by atoms with Crippen LogP contribution in [0.2, 0.25) is 0 Å². The molecule has 0 bridgehead atoms. The Morgan fingerprint density at radius 3 is 2.62 bits per heavy atom. The van der Waals surface area contributed by atoms with Crippen molar-refractivity contribution in [2.24, 2.45) is 0 Å². The van der Waals surface area contributed by atoms with Crippen molar-refractivity contribution in [2.75, 3.05) is 0 Å². The summed E-state index contributed by atoms with van der Waals surface area (Å²) in [4.78, 5) is 10.4. The molecule has 4 N–H and O–H groups in total. The predicted octanol–water partition coefficient (Wildman–Crippen LogP) is 2.88. The molecule has 0 radical (unpaired) electrons. The zero-order valence-corrected chi connectivity index (χ0v) is 14.1. The van der Waals surface area contributed by atoms with Gasteiger partial charge in [0.25, 0.3) is 0 Å². The highest BCUT2D eigenvalue weighted by atomic mass is 16.4. The monoisotopic (exact) mass is 340 g/mol. The van der Waals surface area contributed by atoms with Crippen molar-refractivity contribution >= 4 is 12.0 Å². The Bertz CT molecular complexity index is 507. The number of hydrogen-bond acceptors (Lipinski definition) is 5. The average molecular weight is 340 g/mol. The van der Waals surface area contributed by atoms with Gasteiger partial charge in [0, 0.05) is 12.0 Å². The molecular formula is C18H28O6. The summed E-state index contributed by atoms with van der Waals surface area (Å²) in [6, 6.07) is 1.69. The van der Waals surface area contributed by atoms with Crippen molar-refractivity contribution in [3.63, 3.8) is 0 Å². The first kappa shape index (κ1) is 20.4. The molecule has 6 heteroatoms. The van der Waals surface area contributed by atoms with Gasteiger partial charge in [-0.05, 0) is 25.3 Å². The standard InChI is InChI=1S/C18H28O6/c1-2-3-4-6-16(21)18-13(11-12-24-18)9-10-15(20)14(19)7-5-8-17(22)23/h9-12,14-16,19-21H,2-8H2,1H3,(H,22,23)/b10-9+/t14-,15+,16-/m0/s1. The Labute approximate surface area is 142 Å². The van der Waals surface area contributed by atoms with Crippen LogP contribution >= 0.6 is 0 Å². The first-order valence-corrected chi connectivity index (χ1v) is 8.47. The van der Waals surface area contributed by atoms with Crippen molar-refractivity contribution in [2.45, 2.75) is 70.2 Å². The molecule has 0 aliphatic heterocycles. The molecule has 1 rings (SSSR count). The molecular weight excluding hydrogens is 312 g/mol. The minimum absolute atomic E-state index is 0.0384. The summed E-state index contributed by atoms with van der Waals surface area (Å²) in [6.07, 6.45) is 5.81. The lowest BCUT2D eigenvalue weighted by Gasteiger charge is -2.14. The molecule has 0 aromatic carbocycles. The van der Waals surface area contributed by atoms with E-state index < -0.39 is 24.3 Å². The van der Waals surface area contributed by atoms with Crippen LogP contribution in [0.4, 0.5) is 0 Å². The van der Waals surface area contributed by atoms with E-state index in [0.717, 1.165) is 19.3 Å². The van der Waals surface area contributed by atoms with E-state index in [1.807, 2.05) is 0 Å². The van der Waals surface area contributed by atoms with Gasteiger partial charge >= 0.3 is 5.97 Å². The van der Waals surface area contributed by atoms with Gasteiger partial charge in [0.2, 0.25) is 0 Å². The van der Waals surface area contributed by atoms with Crippen LogP contribution in [0.5, 0.6) is 0 Å². The summed E-state index contributed by atoms with van der Waals surface area (Å²) in [5.74, 6) is -0.470. The molecule has 0 saturated heterocycles. The zero-order chi connectivity index (χ0) is 17.9. The molecule has 1 aromatic heterocycles. The lowest BCUT2D eigenvalue weighted by atomic mass is 10.0. The van der Waals surface area contributed by atoms with Crippen molar-refractivity contribution in [1.82, 2.24) is 0 Å². The summed E-state index contributed by atoms with van der Waals surface area (Å²) in [6.45, 7) is 2.09. The molecule has 24 heavy (non-hydrogen) atoms. The molecule has 0 aliphatic carbocycles. The van der Waals surface area contributed by atoms with E-state index in [2.05, 4.69) is 6.92 Å². The van der Waals surface area contributed by atoms with E-state index in [1.54, 1.807) is 12.1 Å². The van der Waals surface area contributed by atoms with Crippen molar-refractivity contribution in [3.8, 4) is 0 Å². The van der Waals surface area contributed by atoms with E-state index in [0.29, 0.717) is 24.2 Å². The Balaban J connectivity index is 2.54. The van der Waals surface area contributed by atoms with Crippen LogP contribution in [0.1, 0.15) is 69.3 Å². The van der Waals surface area contributed by atoms with Gasteiger partial charge in [0.15, 0.2) is 0 Å². The third-order valence-corrected chi connectivity index (χ3v) is 3.87. The number of furan rings is 1. The number of rotatable bonds is 12. The van der Waals surface area contributed by atoms with Crippen molar-refractivity contribution < 1.29 is 29.6 Å². The Morgan fingerprint density at radius 2 is 1.96 bits per heavy atom. The van der Waals surface area contributed by atoms with Crippen LogP contribution < -0.4 is 0 Å². The molecule has 1 aromatic rings. The van der Waals surface area contributed by atoms with Crippen molar-refractivity contribution in [1.29, 1.82) is 0 Å². The average Bonchev–Trinajstić information content (AvgIpc) is 3.00. The van der Waals surface area contributed by atoms with Crippen LogP contribution in [0, 0.1) is 0 Å². The van der Waals surface area contributed by atoms with E-state index >= 15 is 0 Å². The molecule has 0 unspecified atom stereocenters. The summed E-state index contributed by atoms with van der Waals surface area (Å²) in [7, 11) is 0. The molecule has 3 atom stereocenters. The van der Waals surface area contributed by atoms with Crippen LogP contribution in [-0.2, 0) is 4.79 Å². The first-order chi connectivity index (χ1) is 11.5. The molecule has 6 nitrogen and oxygen atoms in total. The quantitative estimate of drug-likeness (QED) is 0.435. The van der Waals surface area contributed by atoms with Crippen LogP contribution in [0.3, 0.4) is 0 Å². The highest BCUT2D eigenvalue weighted by Gasteiger charge is 2.16. The SMILES string of the molecule is CCCCC[C@H](O)c1occc1/C=C/[C@@H](O)[C@@H](O)CCCC(=O)O. The molecule has 0 spiro atoms. The fourth-order valence-corrected chi connectivity index (χ4v) is 2.42. The number of aliphatic hydroxyl groups is 3. The van der Waals surface area contributed by atoms with Gasteiger partial charge in [-0.15, -0.1) is 0 Å². The molecule has 136 valence electrons. The largest absolute Gasteiger partial charge is 0.481 e. The highest BCUT2D eigenvalue weighted by Crippen LogP contribution is 2.25. The molecule has 0 fully saturated rings. The highest BCUT2D eigenvalue weighted by molar-refractivity contribution is 5.66. The predicted molar refractivity (Wildman–Crippen MR) is 90.3 cm³/mol. The number of carboxylic acids is 1. The van der Waals surface area contributed by atoms with Gasteiger partial charge in [0.05, 0.1) is 18.5 Å². The number of carbonyl (C=O) groups is 1. The molecule has 0 saturated carbocycles.